The molecule has 0 bridgehead atoms. The van der Waals surface area contributed by atoms with Crippen molar-refractivity contribution >= 4 is 21.5 Å². The lowest BCUT2D eigenvalue weighted by Crippen LogP contribution is -2.04. The summed E-state index contributed by atoms with van der Waals surface area (Å²) in [5.74, 6) is 0. The van der Waals surface area contributed by atoms with Crippen molar-refractivity contribution in [1.82, 2.24) is 0 Å². The minimum absolute atomic E-state index is 0.489. The van der Waals surface area contributed by atoms with Gasteiger partial charge in [-0.05, 0) is 39.7 Å². The SMILES string of the molecule is FC(F)(F)c1[c]c2cc3ccccc3cc2cc1. The third-order valence-corrected chi connectivity index (χ3v) is 2.92. The first-order valence-electron chi connectivity index (χ1n) is 5.46. The van der Waals surface area contributed by atoms with Gasteiger partial charge in [-0.1, -0.05) is 30.3 Å². The molecule has 0 amide bonds. The van der Waals surface area contributed by atoms with Crippen LogP contribution in [0.2, 0.25) is 0 Å². The third kappa shape index (κ3) is 1.82. The van der Waals surface area contributed by atoms with Crippen molar-refractivity contribution < 1.29 is 13.2 Å². The van der Waals surface area contributed by atoms with Gasteiger partial charge >= 0.3 is 6.18 Å². The standard InChI is InChI=1S/C15H8F3/c16-15(17,18)14-6-5-12-7-10-3-1-2-4-11(10)8-13(12)9-14/h1-8H. The molecule has 0 N–H and O–H groups in total. The highest BCUT2D eigenvalue weighted by atomic mass is 19.4. The van der Waals surface area contributed by atoms with E-state index in [2.05, 4.69) is 6.07 Å². The summed E-state index contributed by atoms with van der Waals surface area (Å²) in [5, 5.41) is 3.18. The number of halogens is 3. The van der Waals surface area contributed by atoms with Gasteiger partial charge < -0.3 is 0 Å². The molecule has 3 aromatic rings. The van der Waals surface area contributed by atoms with Crippen LogP contribution < -0.4 is 0 Å². The molecule has 0 aliphatic heterocycles. The molecule has 0 aromatic heterocycles. The number of rotatable bonds is 0. The molecule has 3 heteroatoms. The van der Waals surface area contributed by atoms with E-state index in [1.807, 2.05) is 30.3 Å². The Hall–Kier alpha value is -2.03. The second-order valence-electron chi connectivity index (χ2n) is 4.16. The molecule has 0 unspecified atom stereocenters. The van der Waals surface area contributed by atoms with Gasteiger partial charge in [0.1, 0.15) is 0 Å². The fraction of sp³-hybridized carbons (Fsp3) is 0.0667. The summed E-state index contributed by atoms with van der Waals surface area (Å²) in [6.45, 7) is 0. The molecule has 3 rings (SSSR count). The minimum atomic E-state index is -4.35. The molecule has 0 atom stereocenters. The van der Waals surface area contributed by atoms with Crippen LogP contribution in [0.5, 0.6) is 0 Å². The molecule has 0 spiro atoms. The van der Waals surface area contributed by atoms with E-state index in [4.69, 9.17) is 0 Å². The lowest BCUT2D eigenvalue weighted by molar-refractivity contribution is -0.137. The molecule has 0 fully saturated rings. The van der Waals surface area contributed by atoms with Crippen LogP contribution >= 0.6 is 0 Å². The van der Waals surface area contributed by atoms with Crippen LogP contribution in [0.1, 0.15) is 5.56 Å². The van der Waals surface area contributed by atoms with E-state index in [0.717, 1.165) is 22.2 Å². The van der Waals surface area contributed by atoms with E-state index in [0.29, 0.717) is 5.39 Å². The molecule has 0 aliphatic carbocycles. The Bertz CT molecular complexity index is 726. The van der Waals surface area contributed by atoms with Crippen LogP contribution in [0.15, 0.2) is 48.5 Å². The Morgan fingerprint density at radius 1 is 0.778 bits per heavy atom. The number of fused-ring (bicyclic) bond motifs is 2. The van der Waals surface area contributed by atoms with E-state index in [-0.39, 0.29) is 0 Å². The van der Waals surface area contributed by atoms with Gasteiger partial charge in [-0.15, -0.1) is 0 Å². The monoisotopic (exact) mass is 245 g/mol. The molecular formula is C15H8F3. The van der Waals surface area contributed by atoms with E-state index < -0.39 is 11.7 Å². The van der Waals surface area contributed by atoms with Gasteiger partial charge in [-0.2, -0.15) is 13.2 Å². The van der Waals surface area contributed by atoms with Crippen LogP contribution in [0.3, 0.4) is 0 Å². The fourth-order valence-electron chi connectivity index (χ4n) is 2.03. The van der Waals surface area contributed by atoms with Gasteiger partial charge in [0.05, 0.1) is 5.56 Å². The van der Waals surface area contributed by atoms with Crippen LogP contribution in [0.4, 0.5) is 13.2 Å². The third-order valence-electron chi connectivity index (χ3n) is 2.92. The summed E-state index contributed by atoms with van der Waals surface area (Å²) in [5.41, 5.74) is -0.731. The van der Waals surface area contributed by atoms with Gasteiger partial charge in [0.15, 0.2) is 0 Å². The van der Waals surface area contributed by atoms with Crippen molar-refractivity contribution in [3.05, 3.63) is 60.2 Å². The van der Waals surface area contributed by atoms with Crippen molar-refractivity contribution in [3.63, 3.8) is 0 Å². The van der Waals surface area contributed by atoms with Crippen molar-refractivity contribution in [2.24, 2.45) is 0 Å². The average Bonchev–Trinajstić information content (AvgIpc) is 2.34. The highest BCUT2D eigenvalue weighted by Crippen LogP contribution is 2.32. The zero-order valence-electron chi connectivity index (χ0n) is 9.25. The average molecular weight is 245 g/mol. The normalized spacial score (nSPS) is 12.2. The summed E-state index contributed by atoms with van der Waals surface area (Å²) in [7, 11) is 0. The highest BCUT2D eigenvalue weighted by molar-refractivity contribution is 5.98. The molecule has 0 saturated heterocycles. The summed E-state index contributed by atoms with van der Waals surface area (Å²) in [4.78, 5) is 0. The summed E-state index contributed by atoms with van der Waals surface area (Å²) in [6.07, 6.45) is -4.35. The van der Waals surface area contributed by atoms with Crippen molar-refractivity contribution in [1.29, 1.82) is 0 Å². The molecule has 0 heterocycles. The highest BCUT2D eigenvalue weighted by Gasteiger charge is 2.30. The largest absolute Gasteiger partial charge is 0.417 e. The van der Waals surface area contributed by atoms with E-state index >= 15 is 0 Å². The molecule has 0 aliphatic rings. The molecule has 0 nitrogen and oxygen atoms in total. The Balaban J connectivity index is 2.31. The van der Waals surface area contributed by atoms with Crippen LogP contribution in [-0.4, -0.2) is 0 Å². The zero-order valence-corrected chi connectivity index (χ0v) is 9.25. The number of hydrogen-bond donors (Lipinski definition) is 0. The maximum Gasteiger partial charge on any atom is 0.417 e. The van der Waals surface area contributed by atoms with Crippen LogP contribution in [-0.2, 0) is 6.18 Å². The lowest BCUT2D eigenvalue weighted by Gasteiger charge is -2.08. The van der Waals surface area contributed by atoms with Crippen molar-refractivity contribution in [2.75, 3.05) is 0 Å². The van der Waals surface area contributed by atoms with Gasteiger partial charge in [-0.25, -0.2) is 0 Å². The first-order chi connectivity index (χ1) is 8.54. The predicted molar refractivity (Wildman–Crippen MR) is 65.3 cm³/mol. The van der Waals surface area contributed by atoms with Crippen LogP contribution in [0, 0.1) is 6.07 Å². The Morgan fingerprint density at radius 3 is 2.11 bits per heavy atom. The first-order valence-corrected chi connectivity index (χ1v) is 5.46. The maximum absolute atomic E-state index is 12.6. The number of benzene rings is 3. The van der Waals surface area contributed by atoms with Gasteiger partial charge in [0.2, 0.25) is 0 Å². The Morgan fingerprint density at radius 2 is 1.44 bits per heavy atom. The van der Waals surface area contributed by atoms with E-state index in [1.54, 1.807) is 6.07 Å². The summed E-state index contributed by atoms with van der Waals surface area (Å²) in [6, 6.07) is 16.2. The van der Waals surface area contributed by atoms with Crippen molar-refractivity contribution in [2.45, 2.75) is 6.18 Å². The zero-order chi connectivity index (χ0) is 12.8. The van der Waals surface area contributed by atoms with Gasteiger partial charge in [0, 0.05) is 6.07 Å². The second kappa shape index (κ2) is 3.73. The summed E-state index contributed by atoms with van der Waals surface area (Å²) < 4.78 is 37.8. The topological polar surface area (TPSA) is 0 Å². The number of hydrogen-bond acceptors (Lipinski definition) is 0. The summed E-state index contributed by atoms with van der Waals surface area (Å²) >= 11 is 0. The maximum atomic E-state index is 12.6. The fourth-order valence-corrected chi connectivity index (χ4v) is 2.03. The van der Waals surface area contributed by atoms with Gasteiger partial charge in [0.25, 0.3) is 0 Å². The molecule has 18 heavy (non-hydrogen) atoms. The Labute approximate surface area is 102 Å². The van der Waals surface area contributed by atoms with E-state index in [1.165, 1.54) is 6.07 Å². The smallest absolute Gasteiger partial charge is 0.166 e. The Kier molecular flexibility index (Phi) is 2.30. The first kappa shape index (κ1) is 11.1. The lowest BCUT2D eigenvalue weighted by atomic mass is 10.0. The molecular weight excluding hydrogens is 237 g/mol. The quantitative estimate of drug-likeness (QED) is 0.498. The molecule has 0 saturated carbocycles. The minimum Gasteiger partial charge on any atom is -0.166 e. The number of alkyl halides is 3. The molecule has 1 radical (unpaired) electrons. The second-order valence-corrected chi connectivity index (χ2v) is 4.16. The predicted octanol–water partition coefficient (Wildman–Crippen LogP) is 4.81. The van der Waals surface area contributed by atoms with Crippen molar-refractivity contribution in [3.8, 4) is 0 Å². The van der Waals surface area contributed by atoms with Crippen LogP contribution in [0.25, 0.3) is 21.5 Å². The molecule has 89 valence electrons. The van der Waals surface area contributed by atoms with E-state index in [9.17, 15) is 13.2 Å². The van der Waals surface area contributed by atoms with Gasteiger partial charge in [-0.3, -0.25) is 0 Å². The molecule has 3 aromatic carbocycles.